The third kappa shape index (κ3) is 4.83. The van der Waals surface area contributed by atoms with Gasteiger partial charge in [0, 0.05) is 0 Å². The van der Waals surface area contributed by atoms with Crippen LogP contribution in [-0.2, 0) is 12.8 Å². The summed E-state index contributed by atoms with van der Waals surface area (Å²) in [6.07, 6.45) is 3.15. The predicted molar refractivity (Wildman–Crippen MR) is 95.9 cm³/mol. The molecule has 0 amide bonds. The molecule has 0 heterocycles. The van der Waals surface area contributed by atoms with E-state index in [1.165, 1.54) is 6.07 Å². The highest BCUT2D eigenvalue weighted by atomic mass is 16.4. The fraction of sp³-hybridized carbons (Fsp3) is 0.600. The summed E-state index contributed by atoms with van der Waals surface area (Å²) in [5.41, 5.74) is 1.40. The number of carboxylic acids is 2. The van der Waals surface area contributed by atoms with Crippen LogP contribution in [0.25, 0.3) is 0 Å². The fourth-order valence-electron chi connectivity index (χ4n) is 2.73. The van der Waals surface area contributed by atoms with Gasteiger partial charge in [-0.15, -0.1) is 0 Å². The molecule has 2 N–H and O–H groups in total. The molecule has 1 aromatic rings. The van der Waals surface area contributed by atoms with E-state index in [1.807, 2.05) is 0 Å². The van der Waals surface area contributed by atoms with E-state index in [9.17, 15) is 19.8 Å². The lowest BCUT2D eigenvalue weighted by Gasteiger charge is -2.29. The molecule has 0 atom stereocenters. The van der Waals surface area contributed by atoms with Crippen LogP contribution >= 0.6 is 0 Å². The van der Waals surface area contributed by atoms with Crippen LogP contribution in [0.1, 0.15) is 86.2 Å². The maximum Gasteiger partial charge on any atom is 0.336 e. The summed E-state index contributed by atoms with van der Waals surface area (Å²) in [5, 5.41) is 19.1. The third-order valence-corrected chi connectivity index (χ3v) is 5.09. The first-order chi connectivity index (χ1) is 10.9. The topological polar surface area (TPSA) is 74.6 Å². The highest BCUT2D eigenvalue weighted by Gasteiger charge is 2.29. The number of rotatable bonds is 8. The van der Waals surface area contributed by atoms with Gasteiger partial charge in [0.25, 0.3) is 0 Å². The van der Waals surface area contributed by atoms with Crippen molar-refractivity contribution >= 4 is 11.9 Å². The van der Waals surface area contributed by atoms with E-state index in [0.717, 1.165) is 24.8 Å². The van der Waals surface area contributed by atoms with Crippen LogP contribution in [0, 0.1) is 10.8 Å². The van der Waals surface area contributed by atoms with E-state index in [4.69, 9.17) is 0 Å². The summed E-state index contributed by atoms with van der Waals surface area (Å²) in [6.45, 7) is 12.6. The maximum atomic E-state index is 11.8. The van der Waals surface area contributed by atoms with Gasteiger partial charge in [0.1, 0.15) is 0 Å². The van der Waals surface area contributed by atoms with Crippen molar-refractivity contribution in [1.82, 2.24) is 0 Å². The standard InChI is InChI=1S/C20H30O4/c1-7-19(3,4)11-13-9-10-14(17(21)22)16(18(23)24)15(13)12-20(5,6)8-2/h9-10H,7-8,11-12H2,1-6H3,(H,21,22)(H,23,24). The van der Waals surface area contributed by atoms with Crippen LogP contribution in [0.4, 0.5) is 0 Å². The van der Waals surface area contributed by atoms with Gasteiger partial charge in [-0.25, -0.2) is 9.59 Å². The molecule has 0 aliphatic rings. The zero-order chi connectivity index (χ0) is 18.7. The highest BCUT2D eigenvalue weighted by molar-refractivity contribution is 6.03. The second-order valence-corrected chi connectivity index (χ2v) is 8.13. The van der Waals surface area contributed by atoms with Crippen molar-refractivity contribution in [2.24, 2.45) is 10.8 Å². The van der Waals surface area contributed by atoms with Crippen LogP contribution in [0.5, 0.6) is 0 Å². The molecule has 0 saturated heterocycles. The van der Waals surface area contributed by atoms with Crippen molar-refractivity contribution in [2.45, 2.75) is 67.2 Å². The molecule has 1 aromatic carbocycles. The molecule has 0 aromatic heterocycles. The Morgan fingerprint density at radius 2 is 1.38 bits per heavy atom. The van der Waals surface area contributed by atoms with E-state index in [-0.39, 0.29) is 22.0 Å². The quantitative estimate of drug-likeness (QED) is 0.698. The highest BCUT2D eigenvalue weighted by Crippen LogP contribution is 2.34. The summed E-state index contributed by atoms with van der Waals surface area (Å²) in [5.74, 6) is -2.35. The van der Waals surface area contributed by atoms with Crippen molar-refractivity contribution in [3.8, 4) is 0 Å². The average molecular weight is 334 g/mol. The monoisotopic (exact) mass is 334 g/mol. The van der Waals surface area contributed by atoms with E-state index < -0.39 is 11.9 Å². The lowest BCUT2D eigenvalue weighted by molar-refractivity contribution is 0.0649. The minimum absolute atomic E-state index is 0.0334. The molecule has 0 radical (unpaired) electrons. The summed E-state index contributed by atoms with van der Waals surface area (Å²) in [4.78, 5) is 23.3. The minimum Gasteiger partial charge on any atom is -0.478 e. The molecule has 0 fully saturated rings. The maximum absolute atomic E-state index is 11.8. The molecule has 0 aliphatic heterocycles. The summed E-state index contributed by atoms with van der Waals surface area (Å²) < 4.78 is 0. The Balaban J connectivity index is 3.62. The zero-order valence-electron chi connectivity index (χ0n) is 15.7. The first-order valence-electron chi connectivity index (χ1n) is 8.55. The third-order valence-electron chi connectivity index (χ3n) is 5.09. The average Bonchev–Trinajstić information content (AvgIpc) is 2.47. The Hall–Kier alpha value is -1.84. The van der Waals surface area contributed by atoms with Gasteiger partial charge in [0.2, 0.25) is 0 Å². The summed E-state index contributed by atoms with van der Waals surface area (Å²) in [6, 6.07) is 3.24. The van der Waals surface area contributed by atoms with E-state index in [0.29, 0.717) is 12.0 Å². The Bertz CT molecular complexity index is 627. The van der Waals surface area contributed by atoms with Gasteiger partial charge < -0.3 is 10.2 Å². The largest absolute Gasteiger partial charge is 0.478 e. The van der Waals surface area contributed by atoms with Crippen molar-refractivity contribution in [3.05, 3.63) is 34.4 Å². The molecular weight excluding hydrogens is 304 g/mol. The number of hydrogen-bond acceptors (Lipinski definition) is 2. The number of carboxylic acid groups (broad SMARTS) is 2. The van der Waals surface area contributed by atoms with E-state index in [1.54, 1.807) is 6.07 Å². The van der Waals surface area contributed by atoms with E-state index >= 15 is 0 Å². The lowest BCUT2D eigenvalue weighted by atomic mass is 9.75. The van der Waals surface area contributed by atoms with Gasteiger partial charge in [-0.3, -0.25) is 0 Å². The molecule has 0 aliphatic carbocycles. The van der Waals surface area contributed by atoms with Crippen molar-refractivity contribution < 1.29 is 19.8 Å². The molecule has 1 rings (SSSR count). The first kappa shape index (κ1) is 20.2. The van der Waals surface area contributed by atoms with Crippen LogP contribution < -0.4 is 0 Å². The van der Waals surface area contributed by atoms with Gasteiger partial charge in [-0.2, -0.15) is 0 Å². The second-order valence-electron chi connectivity index (χ2n) is 8.13. The van der Waals surface area contributed by atoms with Crippen molar-refractivity contribution in [2.75, 3.05) is 0 Å². The normalized spacial score (nSPS) is 12.2. The molecule has 0 unspecified atom stereocenters. The first-order valence-corrected chi connectivity index (χ1v) is 8.55. The van der Waals surface area contributed by atoms with Crippen LogP contribution in [0.3, 0.4) is 0 Å². The van der Waals surface area contributed by atoms with Crippen molar-refractivity contribution in [3.63, 3.8) is 0 Å². The number of hydrogen-bond donors (Lipinski definition) is 2. The molecular formula is C20H30O4. The second kappa shape index (κ2) is 7.37. The van der Waals surface area contributed by atoms with Gasteiger partial charge >= 0.3 is 11.9 Å². The Morgan fingerprint density at radius 1 is 0.875 bits per heavy atom. The lowest BCUT2D eigenvalue weighted by Crippen LogP contribution is -2.23. The molecule has 0 bridgehead atoms. The molecule has 0 spiro atoms. The van der Waals surface area contributed by atoms with Crippen molar-refractivity contribution in [1.29, 1.82) is 0 Å². The van der Waals surface area contributed by atoms with Crippen LogP contribution in [0.15, 0.2) is 12.1 Å². The number of aromatic carboxylic acids is 2. The molecule has 24 heavy (non-hydrogen) atoms. The SMILES string of the molecule is CCC(C)(C)Cc1ccc(C(=O)O)c(C(=O)O)c1CC(C)(C)CC. The molecule has 0 saturated carbocycles. The molecule has 134 valence electrons. The predicted octanol–water partition coefficient (Wildman–Crippen LogP) is 5.04. The number of carbonyl (C=O) groups is 2. The fourth-order valence-corrected chi connectivity index (χ4v) is 2.73. The van der Waals surface area contributed by atoms with E-state index in [2.05, 4.69) is 41.5 Å². The van der Waals surface area contributed by atoms with Gasteiger partial charge in [0.05, 0.1) is 11.1 Å². The minimum atomic E-state index is -1.19. The Kier molecular flexibility index (Phi) is 6.20. The molecule has 4 heteroatoms. The number of benzene rings is 1. The van der Waals surface area contributed by atoms with Gasteiger partial charge in [-0.05, 0) is 40.9 Å². The Labute approximate surface area is 144 Å². The summed E-state index contributed by atoms with van der Waals surface area (Å²) in [7, 11) is 0. The zero-order valence-corrected chi connectivity index (χ0v) is 15.7. The van der Waals surface area contributed by atoms with Crippen LogP contribution in [0.2, 0.25) is 0 Å². The smallest absolute Gasteiger partial charge is 0.336 e. The van der Waals surface area contributed by atoms with Gasteiger partial charge in [-0.1, -0.05) is 60.5 Å². The summed E-state index contributed by atoms with van der Waals surface area (Å²) >= 11 is 0. The Morgan fingerprint density at radius 3 is 1.79 bits per heavy atom. The molecule has 4 nitrogen and oxygen atoms in total. The van der Waals surface area contributed by atoms with Crippen LogP contribution in [-0.4, -0.2) is 22.2 Å². The van der Waals surface area contributed by atoms with Gasteiger partial charge in [0.15, 0.2) is 0 Å².